The summed E-state index contributed by atoms with van der Waals surface area (Å²) < 4.78 is 5.43. The minimum absolute atomic E-state index is 0.331. The first-order valence-corrected chi connectivity index (χ1v) is 13.7. The van der Waals surface area contributed by atoms with Gasteiger partial charge in [0.2, 0.25) is 0 Å². The van der Waals surface area contributed by atoms with Crippen molar-refractivity contribution in [2.75, 3.05) is 19.7 Å². The van der Waals surface area contributed by atoms with Crippen molar-refractivity contribution in [3.8, 4) is 5.75 Å². The van der Waals surface area contributed by atoms with Gasteiger partial charge in [0.05, 0.1) is 12.2 Å². The molecule has 0 unspecified atom stereocenters. The summed E-state index contributed by atoms with van der Waals surface area (Å²) in [5.41, 5.74) is 18.1. The van der Waals surface area contributed by atoms with E-state index in [0.29, 0.717) is 24.1 Å². The lowest BCUT2D eigenvalue weighted by atomic mass is 10.1. The standard InChI is InChI=1S/C11H14O2.C8H11N.C7H6O2.C6H14N2O2/c1-2-3-8-13-11-6-4-10(9-12)5-7-11;9-7-6-8-4-2-1-3-5-8;8-7(9)6-4-2-1-3-5-6;7-4-2-1-3-5(8)6(9)10/h4-7,9H,2-3,8H2,1H3;1-5H,6-7,9H2;1-5H,(H,8,9);5H,1-4,7-8H2,(H,9,10)/t;;;5-/m...0/s1. The molecule has 1 atom stereocenters. The average Bonchev–Trinajstić information content (AvgIpc) is 3.00. The number of carbonyl (C=O) groups excluding carboxylic acids is 1. The van der Waals surface area contributed by atoms with Crippen LogP contribution >= 0.6 is 0 Å². The summed E-state index contributed by atoms with van der Waals surface area (Å²) in [6.07, 6.45) is 6.18. The zero-order valence-electron chi connectivity index (χ0n) is 23.9. The van der Waals surface area contributed by atoms with E-state index in [1.807, 2.05) is 30.3 Å². The van der Waals surface area contributed by atoms with E-state index in [9.17, 15) is 14.4 Å². The smallest absolute Gasteiger partial charge is 0.335 e. The first-order chi connectivity index (χ1) is 19.8. The zero-order chi connectivity index (χ0) is 30.7. The molecule has 0 spiro atoms. The summed E-state index contributed by atoms with van der Waals surface area (Å²) in [6.45, 7) is 4.21. The van der Waals surface area contributed by atoms with Crippen LogP contribution in [0.3, 0.4) is 0 Å². The van der Waals surface area contributed by atoms with Crippen molar-refractivity contribution in [2.24, 2.45) is 17.2 Å². The highest BCUT2D eigenvalue weighted by atomic mass is 16.5. The number of ether oxygens (including phenoxy) is 1. The zero-order valence-corrected chi connectivity index (χ0v) is 23.9. The summed E-state index contributed by atoms with van der Waals surface area (Å²) in [6, 6.07) is 25.0. The molecule has 3 aromatic rings. The van der Waals surface area contributed by atoms with Crippen molar-refractivity contribution in [3.05, 3.63) is 102 Å². The summed E-state index contributed by atoms with van der Waals surface area (Å²) in [5, 5.41) is 16.7. The second kappa shape index (κ2) is 25.0. The molecule has 0 amide bonds. The van der Waals surface area contributed by atoms with Gasteiger partial charge < -0.3 is 32.2 Å². The van der Waals surface area contributed by atoms with Crippen molar-refractivity contribution in [3.63, 3.8) is 0 Å². The number of nitrogens with two attached hydrogens (primary N) is 3. The molecule has 0 fully saturated rings. The molecular formula is C32H45N3O6. The van der Waals surface area contributed by atoms with E-state index in [2.05, 4.69) is 19.1 Å². The lowest BCUT2D eigenvalue weighted by molar-refractivity contribution is -0.138. The second-order valence-corrected chi connectivity index (χ2v) is 8.81. The molecule has 0 saturated carbocycles. The van der Waals surface area contributed by atoms with Gasteiger partial charge in [-0.15, -0.1) is 0 Å². The van der Waals surface area contributed by atoms with Crippen molar-refractivity contribution >= 4 is 18.2 Å². The molecule has 224 valence electrons. The maximum absolute atomic E-state index is 10.3. The van der Waals surface area contributed by atoms with Gasteiger partial charge in [0.15, 0.2) is 0 Å². The van der Waals surface area contributed by atoms with E-state index in [1.165, 1.54) is 5.56 Å². The molecular weight excluding hydrogens is 522 g/mol. The maximum atomic E-state index is 10.3. The van der Waals surface area contributed by atoms with Crippen LogP contribution in [0.25, 0.3) is 0 Å². The van der Waals surface area contributed by atoms with Gasteiger partial charge >= 0.3 is 11.9 Å². The molecule has 0 heterocycles. The predicted octanol–water partition coefficient (Wildman–Crippen LogP) is 4.78. The fraction of sp³-hybridized carbons (Fsp3) is 0.344. The van der Waals surface area contributed by atoms with Gasteiger partial charge in [-0.2, -0.15) is 0 Å². The number of aliphatic carboxylic acids is 1. The number of rotatable bonds is 13. The van der Waals surface area contributed by atoms with Crippen LogP contribution in [0.2, 0.25) is 0 Å². The Morgan fingerprint density at radius 1 is 0.829 bits per heavy atom. The lowest BCUT2D eigenvalue weighted by Gasteiger charge is -2.04. The van der Waals surface area contributed by atoms with E-state index in [0.717, 1.165) is 57.3 Å². The molecule has 8 N–H and O–H groups in total. The van der Waals surface area contributed by atoms with E-state index in [1.54, 1.807) is 42.5 Å². The third-order valence-corrected chi connectivity index (χ3v) is 5.37. The van der Waals surface area contributed by atoms with Gasteiger partial charge in [-0.25, -0.2) is 4.79 Å². The number of benzene rings is 3. The van der Waals surface area contributed by atoms with Gasteiger partial charge in [-0.3, -0.25) is 9.59 Å². The summed E-state index contributed by atoms with van der Waals surface area (Å²) in [7, 11) is 0. The number of aldehydes is 1. The molecule has 0 aliphatic rings. The van der Waals surface area contributed by atoms with Gasteiger partial charge in [-0.1, -0.05) is 68.3 Å². The Bertz CT molecular complexity index is 1060. The molecule has 0 bridgehead atoms. The number of hydrogen-bond acceptors (Lipinski definition) is 7. The topological polar surface area (TPSA) is 179 Å². The fourth-order valence-corrected chi connectivity index (χ4v) is 3.00. The van der Waals surface area contributed by atoms with Crippen LogP contribution in [-0.2, 0) is 11.2 Å². The van der Waals surface area contributed by atoms with Gasteiger partial charge in [0.25, 0.3) is 0 Å². The van der Waals surface area contributed by atoms with Crippen LogP contribution in [0.15, 0.2) is 84.9 Å². The number of aromatic carboxylic acids is 1. The van der Waals surface area contributed by atoms with Crippen LogP contribution in [0.5, 0.6) is 5.75 Å². The molecule has 3 rings (SSSR count). The van der Waals surface area contributed by atoms with E-state index in [4.69, 9.17) is 32.2 Å². The Labute approximate surface area is 243 Å². The molecule has 0 aromatic heterocycles. The number of hydrogen-bond donors (Lipinski definition) is 5. The van der Waals surface area contributed by atoms with Crippen molar-refractivity contribution in [1.82, 2.24) is 0 Å². The maximum Gasteiger partial charge on any atom is 0.335 e. The first-order valence-electron chi connectivity index (χ1n) is 13.7. The Kier molecular flexibility index (Phi) is 22.5. The molecule has 0 aliphatic carbocycles. The van der Waals surface area contributed by atoms with Crippen molar-refractivity contribution in [1.29, 1.82) is 0 Å². The largest absolute Gasteiger partial charge is 0.494 e. The second-order valence-electron chi connectivity index (χ2n) is 8.81. The van der Waals surface area contributed by atoms with E-state index in [-0.39, 0.29) is 0 Å². The minimum atomic E-state index is -0.933. The monoisotopic (exact) mass is 567 g/mol. The molecule has 0 aliphatic heterocycles. The number of carboxylic acids is 2. The SMILES string of the molecule is CCCCOc1ccc(C=O)cc1.NCCCC[C@H](N)C(=O)O.NCCc1ccccc1.O=C(O)c1ccccc1. The summed E-state index contributed by atoms with van der Waals surface area (Å²) >= 11 is 0. The number of carboxylic acid groups (broad SMARTS) is 2. The predicted molar refractivity (Wildman–Crippen MR) is 163 cm³/mol. The summed E-state index contributed by atoms with van der Waals surface area (Å²) in [4.78, 5) is 30.7. The van der Waals surface area contributed by atoms with Gasteiger partial charge in [0, 0.05) is 5.56 Å². The van der Waals surface area contributed by atoms with Gasteiger partial charge in [-0.05, 0) is 80.7 Å². The highest BCUT2D eigenvalue weighted by molar-refractivity contribution is 5.87. The van der Waals surface area contributed by atoms with Crippen LogP contribution in [0.4, 0.5) is 0 Å². The highest BCUT2D eigenvalue weighted by Gasteiger charge is 2.09. The Morgan fingerprint density at radius 3 is 1.85 bits per heavy atom. The van der Waals surface area contributed by atoms with Gasteiger partial charge in [0.1, 0.15) is 18.1 Å². The Hall–Kier alpha value is -4.05. The normalized spacial score (nSPS) is 10.2. The molecule has 9 nitrogen and oxygen atoms in total. The fourth-order valence-electron chi connectivity index (χ4n) is 3.00. The highest BCUT2D eigenvalue weighted by Crippen LogP contribution is 2.11. The molecule has 0 saturated heterocycles. The van der Waals surface area contributed by atoms with E-state index >= 15 is 0 Å². The van der Waals surface area contributed by atoms with Crippen LogP contribution in [0, 0.1) is 0 Å². The summed E-state index contributed by atoms with van der Waals surface area (Å²) in [5.74, 6) is -0.980. The van der Waals surface area contributed by atoms with Crippen molar-refractivity contribution < 1.29 is 29.3 Å². The lowest BCUT2D eigenvalue weighted by Crippen LogP contribution is -2.29. The number of carbonyl (C=O) groups is 3. The van der Waals surface area contributed by atoms with Crippen molar-refractivity contribution in [2.45, 2.75) is 51.5 Å². The Morgan fingerprint density at radius 2 is 1.41 bits per heavy atom. The quantitative estimate of drug-likeness (QED) is 0.143. The third-order valence-electron chi connectivity index (χ3n) is 5.37. The van der Waals surface area contributed by atoms with E-state index < -0.39 is 18.0 Å². The molecule has 9 heteroatoms. The van der Waals surface area contributed by atoms with Crippen LogP contribution < -0.4 is 21.9 Å². The molecule has 41 heavy (non-hydrogen) atoms. The molecule has 0 radical (unpaired) electrons. The van der Waals surface area contributed by atoms with Crippen LogP contribution in [0.1, 0.15) is 65.3 Å². The Balaban J connectivity index is 0.000000527. The molecule has 3 aromatic carbocycles. The number of unbranched alkanes of at least 4 members (excludes halogenated alkanes) is 2. The third kappa shape index (κ3) is 20.5. The first kappa shape index (κ1) is 37.0. The average molecular weight is 568 g/mol. The minimum Gasteiger partial charge on any atom is -0.494 e. The van der Waals surface area contributed by atoms with Crippen LogP contribution in [-0.4, -0.2) is 54.2 Å².